The molecule has 0 saturated heterocycles. The SMILES string of the molecule is N#Cc1c(N)[nH]c(S)c1C#N. The minimum Gasteiger partial charge on any atom is -0.384 e. The molecule has 0 bridgehead atoms. The zero-order valence-electron chi connectivity index (χ0n) is 5.42. The van der Waals surface area contributed by atoms with E-state index in [0.717, 1.165) is 0 Å². The number of nitrogen functional groups attached to an aromatic ring is 1. The van der Waals surface area contributed by atoms with E-state index >= 15 is 0 Å². The number of H-pyrrole nitrogens is 1. The Bertz CT molecular complexity index is 331. The van der Waals surface area contributed by atoms with Gasteiger partial charge >= 0.3 is 0 Å². The molecule has 0 radical (unpaired) electrons. The molecule has 1 aromatic rings. The first-order valence-electron chi connectivity index (χ1n) is 2.71. The maximum atomic E-state index is 8.52. The van der Waals surface area contributed by atoms with Gasteiger partial charge in [-0.25, -0.2) is 0 Å². The van der Waals surface area contributed by atoms with Crippen molar-refractivity contribution in [3.63, 3.8) is 0 Å². The topological polar surface area (TPSA) is 89.4 Å². The van der Waals surface area contributed by atoms with E-state index in [4.69, 9.17) is 16.3 Å². The maximum absolute atomic E-state index is 8.52. The highest BCUT2D eigenvalue weighted by molar-refractivity contribution is 7.80. The Balaban J connectivity index is 3.47. The van der Waals surface area contributed by atoms with Gasteiger partial charge in [0.1, 0.15) is 29.1 Å². The molecule has 1 aromatic heterocycles. The first-order chi connectivity index (χ1) is 5.20. The van der Waals surface area contributed by atoms with Crippen LogP contribution in [0, 0.1) is 22.7 Å². The van der Waals surface area contributed by atoms with Gasteiger partial charge in [-0.3, -0.25) is 0 Å². The van der Waals surface area contributed by atoms with E-state index in [1.165, 1.54) is 0 Å². The van der Waals surface area contributed by atoms with Gasteiger partial charge in [-0.15, -0.1) is 12.6 Å². The summed E-state index contributed by atoms with van der Waals surface area (Å²) in [5.74, 6) is 0.189. The summed E-state index contributed by atoms with van der Waals surface area (Å²) in [6.45, 7) is 0. The zero-order chi connectivity index (χ0) is 8.43. The molecule has 0 unspecified atom stereocenters. The van der Waals surface area contributed by atoms with Crippen LogP contribution in [0.2, 0.25) is 0 Å². The zero-order valence-corrected chi connectivity index (χ0v) is 6.31. The van der Waals surface area contributed by atoms with Gasteiger partial charge < -0.3 is 10.7 Å². The number of rotatable bonds is 0. The predicted molar refractivity (Wildman–Crippen MR) is 41.9 cm³/mol. The van der Waals surface area contributed by atoms with Gasteiger partial charge in [-0.1, -0.05) is 0 Å². The third-order valence-electron chi connectivity index (χ3n) is 1.23. The van der Waals surface area contributed by atoms with Crippen molar-refractivity contribution in [2.75, 3.05) is 5.73 Å². The van der Waals surface area contributed by atoms with Gasteiger partial charge in [0, 0.05) is 0 Å². The lowest BCUT2D eigenvalue weighted by atomic mass is 10.2. The molecule has 54 valence electrons. The molecule has 4 nitrogen and oxygen atoms in total. The van der Waals surface area contributed by atoms with Crippen LogP contribution in [0.25, 0.3) is 0 Å². The number of hydrogen-bond donors (Lipinski definition) is 3. The lowest BCUT2D eigenvalue weighted by Gasteiger charge is -1.82. The molecule has 0 saturated carbocycles. The van der Waals surface area contributed by atoms with Crippen LogP contribution in [0.4, 0.5) is 5.82 Å². The Morgan fingerprint density at radius 2 is 1.82 bits per heavy atom. The molecule has 0 atom stereocenters. The van der Waals surface area contributed by atoms with E-state index in [1.54, 1.807) is 0 Å². The largest absolute Gasteiger partial charge is 0.384 e. The molecule has 0 aliphatic rings. The summed E-state index contributed by atoms with van der Waals surface area (Å²) >= 11 is 3.91. The van der Waals surface area contributed by atoms with Crippen molar-refractivity contribution in [1.82, 2.24) is 4.98 Å². The average molecular weight is 164 g/mol. The van der Waals surface area contributed by atoms with Crippen molar-refractivity contribution >= 4 is 18.4 Å². The summed E-state index contributed by atoms with van der Waals surface area (Å²) in [4.78, 5) is 2.57. The second kappa shape index (κ2) is 2.57. The van der Waals surface area contributed by atoms with Crippen molar-refractivity contribution in [3.05, 3.63) is 11.1 Å². The van der Waals surface area contributed by atoms with Crippen LogP contribution in [-0.4, -0.2) is 4.98 Å². The second-order valence-electron chi connectivity index (χ2n) is 1.86. The third kappa shape index (κ3) is 1.02. The van der Waals surface area contributed by atoms with E-state index in [0.29, 0.717) is 5.03 Å². The van der Waals surface area contributed by atoms with Crippen LogP contribution >= 0.6 is 12.6 Å². The summed E-state index contributed by atoms with van der Waals surface area (Å²) in [5.41, 5.74) is 5.72. The minimum absolute atomic E-state index is 0.164. The third-order valence-corrected chi connectivity index (χ3v) is 1.57. The second-order valence-corrected chi connectivity index (χ2v) is 2.31. The number of nitrogens with two attached hydrogens (primary N) is 1. The number of nitrogens with zero attached hydrogens (tertiary/aromatic N) is 2. The summed E-state index contributed by atoms with van der Waals surface area (Å²) in [5, 5.41) is 17.4. The molecule has 3 N–H and O–H groups in total. The highest BCUT2D eigenvalue weighted by Crippen LogP contribution is 2.21. The van der Waals surface area contributed by atoms with Crippen molar-refractivity contribution in [2.45, 2.75) is 5.03 Å². The van der Waals surface area contributed by atoms with Crippen LogP contribution in [0.1, 0.15) is 11.1 Å². The fraction of sp³-hybridized carbons (Fsp3) is 0. The molecule has 0 aliphatic carbocycles. The first-order valence-corrected chi connectivity index (χ1v) is 3.16. The van der Waals surface area contributed by atoms with Crippen molar-refractivity contribution in [1.29, 1.82) is 10.5 Å². The van der Waals surface area contributed by atoms with Crippen LogP contribution < -0.4 is 5.73 Å². The van der Waals surface area contributed by atoms with Gasteiger partial charge in [-0.2, -0.15) is 10.5 Å². The lowest BCUT2D eigenvalue weighted by molar-refractivity contribution is 1.20. The number of thiol groups is 1. The Kier molecular flexibility index (Phi) is 1.75. The van der Waals surface area contributed by atoms with E-state index in [-0.39, 0.29) is 16.9 Å². The Morgan fingerprint density at radius 1 is 1.27 bits per heavy atom. The van der Waals surface area contributed by atoms with Crippen LogP contribution in [0.15, 0.2) is 5.03 Å². The monoisotopic (exact) mass is 164 g/mol. The fourth-order valence-corrected chi connectivity index (χ4v) is 1.01. The molecular formula is C6H4N4S. The normalized spacial score (nSPS) is 8.64. The van der Waals surface area contributed by atoms with E-state index in [2.05, 4.69) is 17.6 Å². The van der Waals surface area contributed by atoms with Crippen LogP contribution in [0.5, 0.6) is 0 Å². The fourth-order valence-electron chi connectivity index (χ4n) is 0.731. The molecule has 1 heterocycles. The minimum atomic E-state index is 0.164. The van der Waals surface area contributed by atoms with Gasteiger partial charge in [0.05, 0.1) is 5.03 Å². The first kappa shape index (κ1) is 7.52. The average Bonchev–Trinajstić information content (AvgIpc) is 2.24. The maximum Gasteiger partial charge on any atom is 0.121 e. The quantitative estimate of drug-likeness (QED) is 0.491. The molecule has 0 amide bonds. The van der Waals surface area contributed by atoms with Gasteiger partial charge in [0.2, 0.25) is 0 Å². The number of anilines is 1. The molecular weight excluding hydrogens is 160 g/mol. The van der Waals surface area contributed by atoms with Gasteiger partial charge in [-0.05, 0) is 0 Å². The number of aromatic nitrogens is 1. The number of nitrogens with one attached hydrogen (secondary N) is 1. The lowest BCUT2D eigenvalue weighted by Crippen LogP contribution is -1.87. The molecule has 1 rings (SSSR count). The predicted octanol–water partition coefficient (Wildman–Crippen LogP) is 0.629. The summed E-state index contributed by atoms with van der Waals surface area (Å²) in [6.07, 6.45) is 0. The van der Waals surface area contributed by atoms with Crippen LogP contribution in [-0.2, 0) is 0 Å². The standard InChI is InChI=1S/C6H4N4S/c7-1-3-4(2-8)6(11)10-5(3)9/h10-11H,9H2. The van der Waals surface area contributed by atoms with Crippen LogP contribution in [0.3, 0.4) is 0 Å². The Morgan fingerprint density at radius 3 is 2.18 bits per heavy atom. The smallest absolute Gasteiger partial charge is 0.121 e. The van der Waals surface area contributed by atoms with E-state index < -0.39 is 0 Å². The number of nitriles is 2. The molecule has 0 fully saturated rings. The van der Waals surface area contributed by atoms with E-state index in [1.807, 2.05) is 12.1 Å². The van der Waals surface area contributed by atoms with Gasteiger partial charge in [0.15, 0.2) is 0 Å². The van der Waals surface area contributed by atoms with Crippen molar-refractivity contribution in [3.8, 4) is 12.1 Å². The summed E-state index contributed by atoms with van der Waals surface area (Å²) in [6, 6.07) is 3.63. The Hall–Kier alpha value is -1.59. The number of aromatic amines is 1. The number of hydrogen-bond acceptors (Lipinski definition) is 4. The molecule has 0 aromatic carbocycles. The Labute approximate surface area is 68.7 Å². The van der Waals surface area contributed by atoms with E-state index in [9.17, 15) is 0 Å². The molecule has 5 heteroatoms. The summed E-state index contributed by atoms with van der Waals surface area (Å²) < 4.78 is 0. The molecule has 0 aliphatic heterocycles. The highest BCUT2D eigenvalue weighted by Gasteiger charge is 2.11. The van der Waals surface area contributed by atoms with Crippen molar-refractivity contribution in [2.24, 2.45) is 0 Å². The van der Waals surface area contributed by atoms with Crippen molar-refractivity contribution < 1.29 is 0 Å². The molecule has 11 heavy (non-hydrogen) atoms. The van der Waals surface area contributed by atoms with Gasteiger partial charge in [0.25, 0.3) is 0 Å². The highest BCUT2D eigenvalue weighted by atomic mass is 32.1. The summed E-state index contributed by atoms with van der Waals surface area (Å²) in [7, 11) is 0. The molecule has 0 spiro atoms.